The number of H-pyrrole nitrogens is 1. The van der Waals surface area contributed by atoms with Gasteiger partial charge in [-0.3, -0.25) is 9.55 Å². The number of rotatable bonds is 2. The van der Waals surface area contributed by atoms with Gasteiger partial charge < -0.3 is 20.3 Å². The Morgan fingerprint density at radius 1 is 1.67 bits per heavy atom. The van der Waals surface area contributed by atoms with Gasteiger partial charge in [0.25, 0.3) is 0 Å². The monoisotopic (exact) mass is 271 g/mol. The van der Waals surface area contributed by atoms with Crippen molar-refractivity contribution in [2.75, 3.05) is 13.2 Å². The zero-order chi connectivity index (χ0) is 12.9. The Kier molecular flexibility index (Phi) is 2.65. The van der Waals surface area contributed by atoms with Crippen LogP contribution in [0.25, 0.3) is 0 Å². The number of aromatic nitrogens is 2. The molecule has 4 N–H and O–H groups in total. The molecule has 98 valence electrons. The van der Waals surface area contributed by atoms with Gasteiger partial charge in [-0.2, -0.15) is 0 Å². The molecule has 2 fully saturated rings. The van der Waals surface area contributed by atoms with Gasteiger partial charge in [0.15, 0.2) is 6.23 Å². The smallest absolute Gasteiger partial charge is 0.328 e. The van der Waals surface area contributed by atoms with Gasteiger partial charge in [-0.1, -0.05) is 12.2 Å². The van der Waals surface area contributed by atoms with Gasteiger partial charge in [0.05, 0.1) is 6.61 Å². The molecule has 4 unspecified atom stereocenters. The van der Waals surface area contributed by atoms with E-state index in [0.29, 0.717) is 11.2 Å². The highest BCUT2D eigenvalue weighted by Gasteiger charge is 2.64. The molecule has 2 saturated heterocycles. The predicted octanol–water partition coefficient (Wildman–Crippen LogP) is -1.50. The van der Waals surface area contributed by atoms with E-state index in [-0.39, 0.29) is 6.61 Å². The van der Waals surface area contributed by atoms with Gasteiger partial charge in [-0.25, -0.2) is 4.79 Å². The number of aromatic amines is 1. The average molecular weight is 271 g/mol. The van der Waals surface area contributed by atoms with E-state index in [0.717, 1.165) is 0 Å². The van der Waals surface area contributed by atoms with Crippen molar-refractivity contribution in [3.8, 4) is 0 Å². The number of hydrogen-bond donors (Lipinski definition) is 4. The van der Waals surface area contributed by atoms with Crippen molar-refractivity contribution >= 4 is 12.2 Å². The molecule has 18 heavy (non-hydrogen) atoms. The van der Waals surface area contributed by atoms with Gasteiger partial charge in [-0.05, 0) is 6.07 Å². The van der Waals surface area contributed by atoms with Crippen LogP contribution in [0, 0.1) is 4.64 Å². The van der Waals surface area contributed by atoms with Crippen LogP contribution in [-0.4, -0.2) is 50.7 Å². The van der Waals surface area contributed by atoms with Crippen LogP contribution in [0.3, 0.4) is 0 Å². The molecule has 1 aromatic rings. The van der Waals surface area contributed by atoms with E-state index >= 15 is 0 Å². The second-order valence-corrected chi connectivity index (χ2v) is 5.01. The summed E-state index contributed by atoms with van der Waals surface area (Å²) in [6.45, 7) is 0.246. The molecule has 0 aliphatic carbocycles. The van der Waals surface area contributed by atoms with E-state index in [1.807, 2.05) is 0 Å². The Hall–Kier alpha value is -1.06. The SMILES string of the molecule is O=c1[nH]c(=S)ccn1C1OC(CO)C(O)C12CN2. The van der Waals surface area contributed by atoms with Crippen molar-refractivity contribution < 1.29 is 14.9 Å². The Bertz CT molecular complexity index is 579. The molecule has 2 aliphatic heterocycles. The number of ether oxygens (including phenoxy) is 1. The highest BCUT2D eigenvalue weighted by Crippen LogP contribution is 2.43. The normalized spacial score (nSPS) is 38.2. The van der Waals surface area contributed by atoms with Crippen LogP contribution in [0.4, 0.5) is 0 Å². The summed E-state index contributed by atoms with van der Waals surface area (Å²) in [5.74, 6) is 0. The van der Waals surface area contributed by atoms with E-state index < -0.39 is 29.7 Å². The fraction of sp³-hybridized carbons (Fsp3) is 0.600. The third-order valence-electron chi connectivity index (χ3n) is 3.49. The van der Waals surface area contributed by atoms with E-state index in [4.69, 9.17) is 22.1 Å². The number of hydrogen-bond acceptors (Lipinski definition) is 6. The molecule has 3 rings (SSSR count). The predicted molar refractivity (Wildman–Crippen MR) is 63.6 cm³/mol. The van der Waals surface area contributed by atoms with E-state index in [9.17, 15) is 9.90 Å². The topological polar surface area (TPSA) is 109 Å². The number of aliphatic hydroxyl groups is 2. The first-order chi connectivity index (χ1) is 8.58. The average Bonchev–Trinajstić information content (AvgIpc) is 3.07. The minimum atomic E-state index is -0.845. The molecule has 1 spiro atoms. The minimum absolute atomic E-state index is 0.293. The lowest BCUT2D eigenvalue weighted by Crippen LogP contribution is -2.41. The lowest BCUT2D eigenvalue weighted by Gasteiger charge is -2.19. The van der Waals surface area contributed by atoms with Gasteiger partial charge >= 0.3 is 5.69 Å². The third-order valence-corrected chi connectivity index (χ3v) is 3.73. The van der Waals surface area contributed by atoms with Gasteiger partial charge in [0.1, 0.15) is 22.4 Å². The van der Waals surface area contributed by atoms with Crippen LogP contribution in [0.2, 0.25) is 0 Å². The fourth-order valence-electron chi connectivity index (χ4n) is 2.39. The van der Waals surface area contributed by atoms with Crippen molar-refractivity contribution in [1.29, 1.82) is 0 Å². The highest BCUT2D eigenvalue weighted by atomic mass is 32.1. The summed E-state index contributed by atoms with van der Waals surface area (Å²) in [5.41, 5.74) is -1.08. The Balaban J connectivity index is 2.02. The third kappa shape index (κ3) is 1.57. The van der Waals surface area contributed by atoms with E-state index in [1.54, 1.807) is 6.07 Å². The molecule has 0 amide bonds. The van der Waals surface area contributed by atoms with Crippen molar-refractivity contribution in [3.63, 3.8) is 0 Å². The van der Waals surface area contributed by atoms with Gasteiger partial charge in [-0.15, -0.1) is 0 Å². The molecule has 3 heterocycles. The summed E-state index contributed by atoms with van der Waals surface area (Å²) in [6.07, 6.45) is -0.660. The molecule has 2 aliphatic rings. The largest absolute Gasteiger partial charge is 0.394 e. The Labute approximate surface area is 107 Å². The van der Waals surface area contributed by atoms with Gasteiger partial charge in [0.2, 0.25) is 0 Å². The van der Waals surface area contributed by atoms with Crippen molar-refractivity contribution in [3.05, 3.63) is 27.4 Å². The van der Waals surface area contributed by atoms with Crippen molar-refractivity contribution in [2.45, 2.75) is 24.0 Å². The Morgan fingerprint density at radius 2 is 2.39 bits per heavy atom. The lowest BCUT2D eigenvalue weighted by atomic mass is 10.00. The van der Waals surface area contributed by atoms with Crippen LogP contribution in [0.5, 0.6) is 0 Å². The molecule has 0 radical (unpaired) electrons. The zero-order valence-corrected chi connectivity index (χ0v) is 10.2. The first-order valence-electron chi connectivity index (χ1n) is 5.59. The van der Waals surface area contributed by atoms with Crippen molar-refractivity contribution in [1.82, 2.24) is 14.9 Å². The molecule has 4 atom stereocenters. The van der Waals surface area contributed by atoms with Crippen molar-refractivity contribution in [2.24, 2.45) is 0 Å². The minimum Gasteiger partial charge on any atom is -0.394 e. The molecule has 0 saturated carbocycles. The first-order valence-corrected chi connectivity index (χ1v) is 6.00. The summed E-state index contributed by atoms with van der Waals surface area (Å²) >= 11 is 4.86. The summed E-state index contributed by atoms with van der Waals surface area (Å²) in [7, 11) is 0. The van der Waals surface area contributed by atoms with Crippen LogP contribution >= 0.6 is 12.2 Å². The molecule has 0 aromatic carbocycles. The van der Waals surface area contributed by atoms with E-state index in [1.165, 1.54) is 10.8 Å². The second-order valence-electron chi connectivity index (χ2n) is 4.57. The number of aliphatic hydroxyl groups excluding tert-OH is 2. The summed E-state index contributed by atoms with van der Waals surface area (Å²) in [5, 5.41) is 22.2. The molecule has 7 nitrogen and oxygen atoms in total. The van der Waals surface area contributed by atoms with Gasteiger partial charge in [0, 0.05) is 12.7 Å². The number of nitrogens with zero attached hydrogens (tertiary/aromatic N) is 1. The molecular weight excluding hydrogens is 258 g/mol. The standard InChI is InChI=1S/C10H13N3O4S/c14-3-5-7(15)10(4-11-10)8(17-5)13-2-1-6(18)12-9(13)16/h1-2,5,7-8,11,14-15H,3-4H2,(H,12,16,18). The van der Waals surface area contributed by atoms with Crippen LogP contribution in [-0.2, 0) is 4.74 Å². The summed E-state index contributed by atoms with van der Waals surface area (Å²) < 4.78 is 7.23. The molecule has 8 heteroatoms. The molecule has 0 bridgehead atoms. The van der Waals surface area contributed by atoms with Crippen LogP contribution in [0.1, 0.15) is 6.23 Å². The second kappa shape index (κ2) is 3.97. The maximum Gasteiger partial charge on any atom is 0.328 e. The number of nitrogens with one attached hydrogen (secondary N) is 2. The maximum absolute atomic E-state index is 11.8. The Morgan fingerprint density at radius 3 is 2.94 bits per heavy atom. The van der Waals surface area contributed by atoms with E-state index in [2.05, 4.69) is 10.3 Å². The lowest BCUT2D eigenvalue weighted by molar-refractivity contribution is -0.0470. The molecule has 1 aromatic heterocycles. The highest BCUT2D eigenvalue weighted by molar-refractivity contribution is 7.71. The fourth-order valence-corrected chi connectivity index (χ4v) is 2.54. The first kappa shape index (κ1) is 12.0. The summed E-state index contributed by atoms with van der Waals surface area (Å²) in [6, 6.07) is 1.58. The zero-order valence-electron chi connectivity index (χ0n) is 9.37. The quantitative estimate of drug-likeness (QED) is 0.385. The maximum atomic E-state index is 11.8. The van der Waals surface area contributed by atoms with Crippen LogP contribution in [0.15, 0.2) is 17.1 Å². The summed E-state index contributed by atoms with van der Waals surface area (Å²) in [4.78, 5) is 14.3. The molecular formula is C10H13N3O4S. The van der Waals surface area contributed by atoms with Crippen LogP contribution < -0.4 is 11.0 Å².